The van der Waals surface area contributed by atoms with E-state index in [4.69, 9.17) is 9.40 Å². The van der Waals surface area contributed by atoms with Crippen LogP contribution >= 0.6 is 0 Å². The van der Waals surface area contributed by atoms with Crippen LogP contribution in [-0.2, 0) is 19.4 Å². The maximum atomic E-state index is 12.2. The predicted octanol–water partition coefficient (Wildman–Crippen LogP) is 8.42. The number of likely N-dealkylation sites (tertiary alicyclic amines) is 1. The summed E-state index contributed by atoms with van der Waals surface area (Å²) in [6.45, 7) is 6.52. The lowest BCUT2D eigenvalue weighted by Crippen LogP contribution is -2.21. The summed E-state index contributed by atoms with van der Waals surface area (Å²) in [5.41, 5.74) is 10.3. The van der Waals surface area contributed by atoms with Gasteiger partial charge in [-0.25, -0.2) is 4.98 Å². The number of hydrogen-bond donors (Lipinski definition) is 2. The zero-order chi connectivity index (χ0) is 32.9. The lowest BCUT2D eigenvalue weighted by molar-refractivity contribution is -0.384. The Kier molecular flexibility index (Phi) is 7.66. The summed E-state index contributed by atoms with van der Waals surface area (Å²) in [6, 6.07) is 20.5. The van der Waals surface area contributed by atoms with Gasteiger partial charge in [0.25, 0.3) is 0 Å². The van der Waals surface area contributed by atoms with Gasteiger partial charge < -0.3 is 14.8 Å². The molecule has 0 saturated carbocycles. The van der Waals surface area contributed by atoms with Crippen LogP contribution in [0.4, 0.5) is 17.2 Å². The Balaban J connectivity index is 1.12. The molecule has 2 N–H and O–H groups in total. The molecule has 1 atom stereocenters. The van der Waals surface area contributed by atoms with E-state index < -0.39 is 0 Å². The molecule has 0 amide bonds. The smallest absolute Gasteiger partial charge is 0.315 e. The van der Waals surface area contributed by atoms with Gasteiger partial charge in [-0.1, -0.05) is 30.3 Å². The number of aryl methyl sites for hydroxylation is 1. The van der Waals surface area contributed by atoms with Crippen molar-refractivity contribution in [3.8, 4) is 22.5 Å². The van der Waals surface area contributed by atoms with Crippen molar-refractivity contribution in [2.45, 2.75) is 58.6 Å². The van der Waals surface area contributed by atoms with Gasteiger partial charge in [0.05, 0.1) is 11.0 Å². The van der Waals surface area contributed by atoms with Gasteiger partial charge in [-0.05, 0) is 110 Å². The topological polar surface area (TPSA) is 118 Å². The Bertz CT molecular complexity index is 2220. The minimum absolute atomic E-state index is 0.121. The maximum absolute atomic E-state index is 12.2. The van der Waals surface area contributed by atoms with E-state index in [1.54, 1.807) is 6.20 Å². The zero-order valence-corrected chi connectivity index (χ0v) is 27.1. The van der Waals surface area contributed by atoms with Crippen molar-refractivity contribution in [1.29, 1.82) is 0 Å². The number of fused-ring (bicyclic) bond motifs is 3. The van der Waals surface area contributed by atoms with Gasteiger partial charge in [0.1, 0.15) is 11.3 Å². The summed E-state index contributed by atoms with van der Waals surface area (Å²) >= 11 is 0. The highest BCUT2D eigenvalue weighted by Gasteiger charge is 2.28. The molecule has 9 heteroatoms. The third-order valence-electron chi connectivity index (χ3n) is 10.1. The lowest BCUT2D eigenvalue weighted by atomic mass is 9.89. The summed E-state index contributed by atoms with van der Waals surface area (Å²) in [7, 11) is 0. The molecule has 4 heterocycles. The molecule has 48 heavy (non-hydrogen) atoms. The molecule has 1 fully saturated rings. The molecular weight excluding hydrogens is 602 g/mol. The van der Waals surface area contributed by atoms with Gasteiger partial charge in [-0.15, -0.1) is 0 Å². The molecule has 0 bridgehead atoms. The van der Waals surface area contributed by atoms with Crippen LogP contribution in [0.15, 0.2) is 77.5 Å². The molecule has 0 radical (unpaired) electrons. The quantitative estimate of drug-likeness (QED) is 0.132. The first-order valence-corrected chi connectivity index (χ1v) is 16.7. The number of nitrogens with zero attached hydrogens (tertiary/aromatic N) is 4. The number of pyridine rings is 2. The molecule has 2 aliphatic rings. The fourth-order valence-electron chi connectivity index (χ4n) is 7.59. The van der Waals surface area contributed by atoms with Crippen LogP contribution in [0, 0.1) is 24.0 Å². The highest BCUT2D eigenvalue weighted by atomic mass is 16.6. The molecule has 1 aliphatic carbocycles. The molecule has 1 unspecified atom stereocenters. The van der Waals surface area contributed by atoms with Crippen molar-refractivity contribution in [2.75, 3.05) is 18.4 Å². The number of β-amino-alcohol motifs (C(OH)–C–C–N with tert-alkyl or cyclic N) is 1. The standard InChI is InChI=1S/C39H37N5O4/c1-23-30(9-5-11-32(23)35-19-28-18-26-7-3-4-8-33(26)37(44(46)47)38(28)48-35)31-10-6-12-34(24(31)2)42-39-36-27(13-15-40-39)17-25(20-41-36)21-43-16-14-29(45)22-43/h5-6,9-13,15,17-20,29,45H,3-4,7-8,14,16,21-22H2,1-2H3,(H,40,42). The van der Waals surface area contributed by atoms with E-state index in [9.17, 15) is 15.2 Å². The number of aliphatic hydroxyl groups is 1. The number of benzene rings is 3. The van der Waals surface area contributed by atoms with Crippen LogP contribution in [0.3, 0.4) is 0 Å². The molecular formula is C39H37N5O4. The molecule has 3 aromatic carbocycles. The summed E-state index contributed by atoms with van der Waals surface area (Å²) in [6.07, 6.45) is 7.86. The maximum Gasteiger partial charge on any atom is 0.315 e. The van der Waals surface area contributed by atoms with Gasteiger partial charge in [0.15, 0.2) is 5.82 Å². The van der Waals surface area contributed by atoms with Crippen LogP contribution in [0.2, 0.25) is 0 Å². The number of anilines is 2. The average molecular weight is 640 g/mol. The number of furan rings is 1. The minimum Gasteiger partial charge on any atom is -0.449 e. The number of rotatable bonds is 7. The third kappa shape index (κ3) is 5.38. The number of aromatic nitrogens is 2. The third-order valence-corrected chi connectivity index (χ3v) is 10.1. The van der Waals surface area contributed by atoms with E-state index in [1.165, 1.54) is 0 Å². The van der Waals surface area contributed by atoms with Crippen molar-refractivity contribution in [3.05, 3.63) is 111 Å². The van der Waals surface area contributed by atoms with Gasteiger partial charge in [0, 0.05) is 59.6 Å². The van der Waals surface area contributed by atoms with Crippen LogP contribution < -0.4 is 5.32 Å². The number of nitro benzene ring substituents is 1. The van der Waals surface area contributed by atoms with Crippen LogP contribution in [0.25, 0.3) is 44.3 Å². The van der Waals surface area contributed by atoms with Crippen molar-refractivity contribution < 1.29 is 14.4 Å². The largest absolute Gasteiger partial charge is 0.449 e. The van der Waals surface area contributed by atoms with E-state index in [2.05, 4.69) is 53.3 Å². The van der Waals surface area contributed by atoms with Crippen LogP contribution in [-0.4, -0.2) is 44.1 Å². The first-order chi connectivity index (χ1) is 23.3. The van der Waals surface area contributed by atoms with E-state index in [1.807, 2.05) is 42.6 Å². The Labute approximate surface area is 278 Å². The van der Waals surface area contributed by atoms with Gasteiger partial charge in [-0.2, -0.15) is 0 Å². The van der Waals surface area contributed by atoms with Crippen molar-refractivity contribution >= 4 is 39.1 Å². The highest BCUT2D eigenvalue weighted by molar-refractivity contribution is 5.94. The first kappa shape index (κ1) is 30.2. The van der Waals surface area contributed by atoms with Crippen molar-refractivity contribution in [2.24, 2.45) is 0 Å². The monoisotopic (exact) mass is 639 g/mol. The van der Waals surface area contributed by atoms with Gasteiger partial charge in [-0.3, -0.25) is 20.0 Å². The number of nitrogens with one attached hydrogen (secondary N) is 1. The average Bonchev–Trinajstić information content (AvgIpc) is 3.69. The van der Waals surface area contributed by atoms with E-state index in [0.717, 1.165) is 105 Å². The molecule has 3 aromatic heterocycles. The molecule has 6 aromatic rings. The van der Waals surface area contributed by atoms with Crippen LogP contribution in [0.5, 0.6) is 0 Å². The first-order valence-electron chi connectivity index (χ1n) is 16.7. The molecule has 242 valence electrons. The SMILES string of the molecule is Cc1c(Nc2nccc3cc(CN4CCC(O)C4)cnc23)cccc1-c1cccc(-c2cc3cc4c(c([N+](=O)[O-])c3o2)CCCC4)c1C. The Morgan fingerprint density at radius 3 is 2.58 bits per heavy atom. The summed E-state index contributed by atoms with van der Waals surface area (Å²) in [5.74, 6) is 1.32. The van der Waals surface area contributed by atoms with E-state index in [-0.39, 0.29) is 16.7 Å². The minimum atomic E-state index is -0.273. The Morgan fingerprint density at radius 1 is 0.979 bits per heavy atom. The molecule has 0 spiro atoms. The highest BCUT2D eigenvalue weighted by Crippen LogP contribution is 2.42. The predicted molar refractivity (Wildman–Crippen MR) is 189 cm³/mol. The summed E-state index contributed by atoms with van der Waals surface area (Å²) in [5, 5.41) is 27.5. The fraction of sp³-hybridized carbons (Fsp3) is 0.282. The second kappa shape index (κ2) is 12.2. The number of aliphatic hydroxyl groups excluding tert-OH is 1. The van der Waals surface area contributed by atoms with E-state index >= 15 is 0 Å². The number of nitro groups is 1. The van der Waals surface area contributed by atoms with E-state index in [0.29, 0.717) is 30.1 Å². The van der Waals surface area contributed by atoms with Gasteiger partial charge in [0.2, 0.25) is 5.58 Å². The van der Waals surface area contributed by atoms with Crippen LogP contribution in [0.1, 0.15) is 47.1 Å². The zero-order valence-electron chi connectivity index (χ0n) is 27.1. The number of hydrogen-bond acceptors (Lipinski definition) is 8. The lowest BCUT2D eigenvalue weighted by Gasteiger charge is -2.17. The Morgan fingerprint density at radius 2 is 1.77 bits per heavy atom. The molecule has 1 saturated heterocycles. The normalized spacial score (nSPS) is 16.4. The van der Waals surface area contributed by atoms with Gasteiger partial charge >= 0.3 is 5.69 Å². The van der Waals surface area contributed by atoms with Crippen molar-refractivity contribution in [1.82, 2.24) is 14.9 Å². The second-order valence-electron chi connectivity index (χ2n) is 13.2. The fourth-order valence-corrected chi connectivity index (χ4v) is 7.59. The van der Waals surface area contributed by atoms with Crippen molar-refractivity contribution in [3.63, 3.8) is 0 Å². The summed E-state index contributed by atoms with van der Waals surface area (Å²) < 4.78 is 6.33. The molecule has 1 aliphatic heterocycles. The molecule has 8 rings (SSSR count). The summed E-state index contributed by atoms with van der Waals surface area (Å²) in [4.78, 5) is 23.7. The second-order valence-corrected chi connectivity index (χ2v) is 13.2. The Hall–Kier alpha value is -5.12. The molecule has 9 nitrogen and oxygen atoms in total.